The number of hydrogen-bond acceptors (Lipinski definition) is 3. The molecule has 1 heterocycles. The van der Waals surface area contributed by atoms with Crippen LogP contribution in [0.25, 0.3) is 0 Å². The summed E-state index contributed by atoms with van der Waals surface area (Å²) >= 11 is 0. The Labute approximate surface area is 71.3 Å². The molecule has 0 unspecified atom stereocenters. The minimum absolute atomic E-state index is 0. The molecule has 4 heteroatoms. The van der Waals surface area contributed by atoms with Gasteiger partial charge in [0.25, 0.3) is 0 Å². The normalized spacial score (nSPS) is 20.1. The van der Waals surface area contributed by atoms with Gasteiger partial charge in [-0.15, -0.1) is 12.4 Å². The van der Waals surface area contributed by atoms with Gasteiger partial charge in [-0.1, -0.05) is 5.16 Å². The molecule has 1 aromatic rings. The van der Waals surface area contributed by atoms with Crippen molar-refractivity contribution in [2.24, 2.45) is 5.73 Å². The lowest BCUT2D eigenvalue weighted by atomic mass is 9.75. The third-order valence-electron chi connectivity index (χ3n) is 2.19. The molecule has 3 nitrogen and oxygen atoms in total. The van der Waals surface area contributed by atoms with E-state index in [9.17, 15) is 0 Å². The first kappa shape index (κ1) is 8.56. The van der Waals surface area contributed by atoms with Gasteiger partial charge in [-0.25, -0.2) is 0 Å². The number of nitrogens with zero attached hydrogens (tertiary/aromatic N) is 1. The fourth-order valence-electron chi connectivity index (χ4n) is 1.28. The molecule has 0 aliphatic heterocycles. The van der Waals surface area contributed by atoms with Crippen LogP contribution in [0.15, 0.2) is 16.9 Å². The average Bonchev–Trinajstić information content (AvgIpc) is 2.33. The summed E-state index contributed by atoms with van der Waals surface area (Å²) in [5.41, 5.74) is 6.69. The van der Waals surface area contributed by atoms with E-state index in [0.717, 1.165) is 18.5 Å². The molecule has 11 heavy (non-hydrogen) atoms. The smallest absolute Gasteiger partial charge is 0.124 e. The highest BCUT2D eigenvalue weighted by atomic mass is 35.5. The molecular formula is C7H11ClN2O. The van der Waals surface area contributed by atoms with Crippen molar-refractivity contribution in [3.05, 3.63) is 18.0 Å². The van der Waals surface area contributed by atoms with Crippen LogP contribution in [0.4, 0.5) is 0 Å². The van der Waals surface area contributed by atoms with E-state index in [1.165, 1.54) is 6.42 Å². The van der Waals surface area contributed by atoms with Crippen molar-refractivity contribution >= 4 is 12.4 Å². The zero-order valence-corrected chi connectivity index (χ0v) is 6.93. The van der Waals surface area contributed by atoms with Gasteiger partial charge in [-0.3, -0.25) is 0 Å². The van der Waals surface area contributed by atoms with E-state index in [4.69, 9.17) is 10.3 Å². The maximum absolute atomic E-state index is 5.95. The Kier molecular flexibility index (Phi) is 2.20. The van der Waals surface area contributed by atoms with Crippen molar-refractivity contribution in [1.29, 1.82) is 0 Å². The minimum Gasteiger partial charge on any atom is -0.364 e. The van der Waals surface area contributed by atoms with E-state index in [1.54, 1.807) is 6.26 Å². The van der Waals surface area contributed by atoms with Crippen LogP contribution >= 0.6 is 12.4 Å². The molecule has 2 N–H and O–H groups in total. The van der Waals surface area contributed by atoms with Crippen LogP contribution < -0.4 is 5.73 Å². The number of halogens is 1. The quantitative estimate of drug-likeness (QED) is 0.701. The fourth-order valence-corrected chi connectivity index (χ4v) is 1.28. The van der Waals surface area contributed by atoms with Gasteiger partial charge < -0.3 is 10.3 Å². The third kappa shape index (κ3) is 1.26. The predicted molar refractivity (Wildman–Crippen MR) is 43.5 cm³/mol. The Morgan fingerprint density at radius 3 is 2.64 bits per heavy atom. The molecule has 2 rings (SSSR count). The van der Waals surface area contributed by atoms with E-state index in [2.05, 4.69) is 5.16 Å². The van der Waals surface area contributed by atoms with E-state index in [1.807, 2.05) is 6.07 Å². The molecular weight excluding hydrogens is 164 g/mol. The first-order valence-electron chi connectivity index (χ1n) is 3.51. The number of rotatable bonds is 1. The summed E-state index contributed by atoms with van der Waals surface area (Å²) in [6, 6.07) is 1.85. The number of hydrogen-bond donors (Lipinski definition) is 1. The maximum atomic E-state index is 5.95. The third-order valence-corrected chi connectivity index (χ3v) is 2.19. The van der Waals surface area contributed by atoms with Gasteiger partial charge in [0.1, 0.15) is 12.0 Å². The summed E-state index contributed by atoms with van der Waals surface area (Å²) in [5, 5.41) is 3.81. The Hall–Kier alpha value is -0.540. The van der Waals surface area contributed by atoms with Gasteiger partial charge in [0.2, 0.25) is 0 Å². The SMILES string of the molecule is Cl.NC1(c2ccon2)CCC1. The van der Waals surface area contributed by atoms with Gasteiger partial charge in [0.15, 0.2) is 0 Å². The van der Waals surface area contributed by atoms with Gasteiger partial charge in [-0.05, 0) is 19.3 Å². The van der Waals surface area contributed by atoms with Crippen LogP contribution in [0.3, 0.4) is 0 Å². The molecule has 1 aromatic heterocycles. The summed E-state index contributed by atoms with van der Waals surface area (Å²) in [6.45, 7) is 0. The first-order valence-corrected chi connectivity index (χ1v) is 3.51. The number of nitrogens with two attached hydrogens (primary N) is 1. The van der Waals surface area contributed by atoms with Crippen LogP contribution in [0.5, 0.6) is 0 Å². The zero-order chi connectivity index (χ0) is 7.03. The Morgan fingerprint density at radius 1 is 1.55 bits per heavy atom. The van der Waals surface area contributed by atoms with Gasteiger partial charge >= 0.3 is 0 Å². The van der Waals surface area contributed by atoms with Crippen molar-refractivity contribution in [1.82, 2.24) is 5.16 Å². The molecule has 0 saturated heterocycles. The highest BCUT2D eigenvalue weighted by Crippen LogP contribution is 2.37. The molecule has 0 aromatic carbocycles. The molecule has 1 aliphatic rings. The summed E-state index contributed by atoms with van der Waals surface area (Å²) < 4.78 is 4.71. The lowest BCUT2D eigenvalue weighted by Crippen LogP contribution is -2.43. The van der Waals surface area contributed by atoms with Crippen molar-refractivity contribution in [2.45, 2.75) is 24.8 Å². The molecule has 1 fully saturated rings. The summed E-state index contributed by atoms with van der Waals surface area (Å²) in [6.07, 6.45) is 4.87. The molecule has 0 spiro atoms. The summed E-state index contributed by atoms with van der Waals surface area (Å²) in [4.78, 5) is 0. The van der Waals surface area contributed by atoms with E-state index in [-0.39, 0.29) is 17.9 Å². The summed E-state index contributed by atoms with van der Waals surface area (Å²) in [7, 11) is 0. The van der Waals surface area contributed by atoms with E-state index >= 15 is 0 Å². The van der Waals surface area contributed by atoms with Crippen molar-refractivity contribution < 1.29 is 4.52 Å². The van der Waals surface area contributed by atoms with Crippen LogP contribution in [-0.2, 0) is 5.54 Å². The Balaban J connectivity index is 0.000000605. The number of aromatic nitrogens is 1. The zero-order valence-electron chi connectivity index (χ0n) is 6.12. The molecule has 0 bridgehead atoms. The van der Waals surface area contributed by atoms with Gasteiger partial charge in [-0.2, -0.15) is 0 Å². The maximum Gasteiger partial charge on any atom is 0.124 e. The van der Waals surface area contributed by atoms with Crippen LogP contribution in [0.2, 0.25) is 0 Å². The highest BCUT2D eigenvalue weighted by Gasteiger charge is 2.36. The average molecular weight is 175 g/mol. The second-order valence-corrected chi connectivity index (χ2v) is 2.89. The van der Waals surface area contributed by atoms with Crippen molar-refractivity contribution in [3.63, 3.8) is 0 Å². The monoisotopic (exact) mass is 174 g/mol. The highest BCUT2D eigenvalue weighted by molar-refractivity contribution is 5.85. The van der Waals surface area contributed by atoms with Crippen LogP contribution in [0, 0.1) is 0 Å². The van der Waals surface area contributed by atoms with E-state index in [0.29, 0.717) is 0 Å². The Morgan fingerprint density at radius 2 is 2.27 bits per heavy atom. The summed E-state index contributed by atoms with van der Waals surface area (Å²) in [5.74, 6) is 0. The van der Waals surface area contributed by atoms with Crippen LogP contribution in [-0.4, -0.2) is 5.16 Å². The fraction of sp³-hybridized carbons (Fsp3) is 0.571. The van der Waals surface area contributed by atoms with Crippen LogP contribution in [0.1, 0.15) is 25.0 Å². The minimum atomic E-state index is -0.160. The molecule has 1 saturated carbocycles. The van der Waals surface area contributed by atoms with Gasteiger partial charge in [0, 0.05) is 6.07 Å². The second kappa shape index (κ2) is 2.83. The molecule has 0 amide bonds. The van der Waals surface area contributed by atoms with Crippen molar-refractivity contribution in [3.8, 4) is 0 Å². The molecule has 0 atom stereocenters. The van der Waals surface area contributed by atoms with Crippen molar-refractivity contribution in [2.75, 3.05) is 0 Å². The largest absolute Gasteiger partial charge is 0.364 e. The Bertz CT molecular complexity index is 218. The lowest BCUT2D eigenvalue weighted by Gasteiger charge is -2.35. The molecule has 0 radical (unpaired) electrons. The predicted octanol–water partition coefficient (Wildman–Crippen LogP) is 1.43. The van der Waals surface area contributed by atoms with Gasteiger partial charge in [0.05, 0.1) is 5.54 Å². The van der Waals surface area contributed by atoms with E-state index < -0.39 is 0 Å². The lowest BCUT2D eigenvalue weighted by molar-refractivity contribution is 0.234. The topological polar surface area (TPSA) is 52.0 Å². The standard InChI is InChI=1S/C7H10N2O.ClH/c8-7(3-1-4-7)6-2-5-10-9-6;/h2,5H,1,3-4,8H2;1H. The molecule has 62 valence electrons. The second-order valence-electron chi connectivity index (χ2n) is 2.89. The first-order chi connectivity index (χ1) is 4.81. The molecule has 1 aliphatic carbocycles.